The predicted octanol–water partition coefficient (Wildman–Crippen LogP) is 2.17. The number of piperazine rings is 1. The van der Waals surface area contributed by atoms with Crippen LogP contribution in [-0.2, 0) is 14.8 Å². The maximum atomic E-state index is 12.2. The molecule has 2 rings (SSSR count). The summed E-state index contributed by atoms with van der Waals surface area (Å²) in [6.07, 6.45) is -0.307. The molecule has 1 aromatic carbocycles. The Morgan fingerprint density at radius 2 is 1.88 bits per heavy atom. The van der Waals surface area contributed by atoms with Crippen molar-refractivity contribution in [3.63, 3.8) is 0 Å². The van der Waals surface area contributed by atoms with E-state index in [4.69, 9.17) is 16.3 Å². The first-order valence-corrected chi connectivity index (χ1v) is 10.4. The lowest BCUT2D eigenvalue weighted by Crippen LogP contribution is -2.51. The van der Waals surface area contributed by atoms with Gasteiger partial charge in [-0.1, -0.05) is 17.7 Å². The third-order valence-electron chi connectivity index (χ3n) is 3.85. The van der Waals surface area contributed by atoms with Gasteiger partial charge in [-0.25, -0.2) is 17.9 Å². The van der Waals surface area contributed by atoms with E-state index in [-0.39, 0.29) is 11.0 Å². The molecule has 0 saturated carbocycles. The molecular weight excluding hydrogens is 378 g/mol. The number of nitrogens with zero attached hydrogens (tertiary/aromatic N) is 2. The van der Waals surface area contributed by atoms with E-state index in [1.165, 1.54) is 12.1 Å². The minimum absolute atomic E-state index is 0.153. The highest BCUT2D eigenvalue weighted by molar-refractivity contribution is 7.89. The Hall–Kier alpha value is -1.35. The highest BCUT2D eigenvalue weighted by Gasteiger charge is 2.25. The molecule has 1 N–H and O–H groups in total. The second-order valence-electron chi connectivity index (χ2n) is 7.16. The van der Waals surface area contributed by atoms with Crippen LogP contribution in [0.25, 0.3) is 0 Å². The van der Waals surface area contributed by atoms with Crippen molar-refractivity contribution in [3.8, 4) is 0 Å². The molecule has 1 saturated heterocycles. The summed E-state index contributed by atoms with van der Waals surface area (Å²) in [6, 6.07) is 6.16. The summed E-state index contributed by atoms with van der Waals surface area (Å²) >= 11 is 5.84. The highest BCUT2D eigenvalue weighted by atomic mass is 35.5. The number of amides is 1. The van der Waals surface area contributed by atoms with E-state index in [9.17, 15) is 13.2 Å². The molecule has 0 unspecified atom stereocenters. The zero-order chi connectivity index (χ0) is 19.4. The summed E-state index contributed by atoms with van der Waals surface area (Å²) < 4.78 is 32.4. The summed E-state index contributed by atoms with van der Waals surface area (Å²) in [7, 11) is -3.57. The number of benzene rings is 1. The third kappa shape index (κ3) is 6.42. The maximum absolute atomic E-state index is 12.2. The van der Waals surface area contributed by atoms with Crippen LogP contribution < -0.4 is 4.72 Å². The molecule has 146 valence electrons. The van der Waals surface area contributed by atoms with Gasteiger partial charge >= 0.3 is 6.09 Å². The number of carbonyl (C=O) groups is 1. The minimum atomic E-state index is -3.57. The van der Waals surface area contributed by atoms with E-state index in [1.807, 2.05) is 20.8 Å². The van der Waals surface area contributed by atoms with E-state index in [2.05, 4.69) is 9.62 Å². The van der Waals surface area contributed by atoms with Crippen LogP contribution >= 0.6 is 11.6 Å². The Morgan fingerprint density at radius 1 is 1.23 bits per heavy atom. The number of nitrogens with one attached hydrogen (secondary N) is 1. The first-order chi connectivity index (χ1) is 12.1. The standard InChI is InChI=1S/C17H26ClN3O4S/c1-17(2,3)25-16(22)21-11-9-20(10-12-21)8-7-19-26(23,24)15-6-4-5-14(18)13-15/h4-6,13,19H,7-12H2,1-3H3. The molecule has 1 aliphatic heterocycles. The molecule has 0 aliphatic carbocycles. The fraction of sp³-hybridized carbons (Fsp3) is 0.588. The molecule has 9 heteroatoms. The lowest BCUT2D eigenvalue weighted by atomic mass is 10.2. The topological polar surface area (TPSA) is 79.0 Å². The lowest BCUT2D eigenvalue weighted by Gasteiger charge is -2.35. The summed E-state index contributed by atoms with van der Waals surface area (Å²) in [5, 5.41) is 0.381. The Balaban J connectivity index is 1.76. The van der Waals surface area contributed by atoms with Gasteiger partial charge in [-0.2, -0.15) is 0 Å². The van der Waals surface area contributed by atoms with Gasteiger partial charge in [0.2, 0.25) is 10.0 Å². The average Bonchev–Trinajstić information content (AvgIpc) is 2.54. The van der Waals surface area contributed by atoms with Crippen molar-refractivity contribution in [2.75, 3.05) is 39.3 Å². The third-order valence-corrected chi connectivity index (χ3v) is 5.54. The van der Waals surface area contributed by atoms with Gasteiger partial charge < -0.3 is 9.64 Å². The molecular formula is C17H26ClN3O4S. The monoisotopic (exact) mass is 403 g/mol. The van der Waals surface area contributed by atoms with E-state index in [0.717, 1.165) is 0 Å². The number of ether oxygens (including phenoxy) is 1. The normalized spacial score (nSPS) is 16.5. The molecule has 0 spiro atoms. The van der Waals surface area contributed by atoms with Crippen LogP contribution in [0.1, 0.15) is 20.8 Å². The summed E-state index contributed by atoms with van der Waals surface area (Å²) in [5.41, 5.74) is -0.507. The first kappa shape index (κ1) is 21.0. The van der Waals surface area contributed by atoms with Crippen LogP contribution in [0.2, 0.25) is 5.02 Å². The van der Waals surface area contributed by atoms with Crippen LogP contribution in [0, 0.1) is 0 Å². The van der Waals surface area contributed by atoms with Crippen molar-refractivity contribution < 1.29 is 17.9 Å². The fourth-order valence-electron chi connectivity index (χ4n) is 2.54. The van der Waals surface area contributed by atoms with Gasteiger partial charge in [0.25, 0.3) is 0 Å². The van der Waals surface area contributed by atoms with Crippen LogP contribution in [-0.4, -0.2) is 69.2 Å². The zero-order valence-corrected chi connectivity index (χ0v) is 16.9. The molecule has 1 amide bonds. The van der Waals surface area contributed by atoms with Crippen molar-refractivity contribution in [1.29, 1.82) is 0 Å². The van der Waals surface area contributed by atoms with Gasteiger partial charge in [-0.3, -0.25) is 4.90 Å². The van der Waals surface area contributed by atoms with Gasteiger partial charge in [0, 0.05) is 44.3 Å². The molecule has 0 aromatic heterocycles. The number of halogens is 1. The molecule has 0 bridgehead atoms. The highest BCUT2D eigenvalue weighted by Crippen LogP contribution is 2.15. The minimum Gasteiger partial charge on any atom is -0.444 e. The molecule has 1 aromatic rings. The summed E-state index contributed by atoms with van der Waals surface area (Å²) in [4.78, 5) is 16.0. The molecule has 7 nitrogen and oxygen atoms in total. The van der Waals surface area contributed by atoms with Crippen LogP contribution in [0.3, 0.4) is 0 Å². The Bertz CT molecular complexity index is 726. The van der Waals surface area contributed by atoms with Gasteiger partial charge in [-0.05, 0) is 39.0 Å². The van der Waals surface area contributed by atoms with Crippen molar-refractivity contribution in [2.45, 2.75) is 31.3 Å². The first-order valence-electron chi connectivity index (χ1n) is 8.52. The Labute approximate surface area is 160 Å². The van der Waals surface area contributed by atoms with Crippen LogP contribution in [0.5, 0.6) is 0 Å². The number of rotatable bonds is 5. The molecule has 1 heterocycles. The molecule has 0 radical (unpaired) electrons. The van der Waals surface area contributed by atoms with Gasteiger partial charge in [0.05, 0.1) is 4.90 Å². The van der Waals surface area contributed by atoms with Crippen LogP contribution in [0.4, 0.5) is 4.79 Å². The van der Waals surface area contributed by atoms with Crippen LogP contribution in [0.15, 0.2) is 29.2 Å². The van der Waals surface area contributed by atoms with Crippen molar-refractivity contribution in [3.05, 3.63) is 29.3 Å². The Morgan fingerprint density at radius 3 is 2.46 bits per heavy atom. The van der Waals surface area contributed by atoms with Crippen molar-refractivity contribution in [2.24, 2.45) is 0 Å². The number of carbonyl (C=O) groups excluding carboxylic acids is 1. The van der Waals surface area contributed by atoms with Gasteiger partial charge in [-0.15, -0.1) is 0 Å². The van der Waals surface area contributed by atoms with E-state index in [1.54, 1.807) is 17.0 Å². The fourth-order valence-corrected chi connectivity index (χ4v) is 3.86. The number of sulfonamides is 1. The SMILES string of the molecule is CC(C)(C)OC(=O)N1CCN(CCNS(=O)(=O)c2cccc(Cl)c2)CC1. The summed E-state index contributed by atoms with van der Waals surface area (Å²) in [6.45, 7) is 8.87. The smallest absolute Gasteiger partial charge is 0.410 e. The molecule has 1 fully saturated rings. The Kier molecular flexibility index (Phi) is 6.90. The maximum Gasteiger partial charge on any atom is 0.410 e. The largest absolute Gasteiger partial charge is 0.444 e. The van der Waals surface area contributed by atoms with E-state index in [0.29, 0.717) is 44.3 Å². The summed E-state index contributed by atoms with van der Waals surface area (Å²) in [5.74, 6) is 0. The molecule has 0 atom stereocenters. The van der Waals surface area contributed by atoms with Crippen molar-refractivity contribution in [1.82, 2.24) is 14.5 Å². The lowest BCUT2D eigenvalue weighted by molar-refractivity contribution is 0.0147. The predicted molar refractivity (Wildman–Crippen MR) is 101 cm³/mol. The van der Waals surface area contributed by atoms with E-state index < -0.39 is 15.6 Å². The average molecular weight is 404 g/mol. The van der Waals surface area contributed by atoms with Crippen molar-refractivity contribution >= 4 is 27.7 Å². The number of hydrogen-bond acceptors (Lipinski definition) is 5. The number of hydrogen-bond donors (Lipinski definition) is 1. The second kappa shape index (κ2) is 8.56. The molecule has 26 heavy (non-hydrogen) atoms. The molecule has 1 aliphatic rings. The van der Waals surface area contributed by atoms with E-state index >= 15 is 0 Å². The van der Waals surface area contributed by atoms with Gasteiger partial charge in [0.1, 0.15) is 5.60 Å². The quantitative estimate of drug-likeness (QED) is 0.815. The zero-order valence-electron chi connectivity index (χ0n) is 15.4. The van der Waals surface area contributed by atoms with Gasteiger partial charge in [0.15, 0.2) is 0 Å². The second-order valence-corrected chi connectivity index (χ2v) is 9.37.